The molecular weight excluding hydrogens is 324 g/mol. The fourth-order valence-corrected chi connectivity index (χ4v) is 3.84. The molecule has 1 saturated heterocycles. The number of hydrogen-bond donors (Lipinski definition) is 1. The van der Waals surface area contributed by atoms with Crippen LogP contribution in [0.25, 0.3) is 10.8 Å². The number of amides is 1. The van der Waals surface area contributed by atoms with Crippen LogP contribution in [0.1, 0.15) is 32.3 Å². The van der Waals surface area contributed by atoms with Gasteiger partial charge in [0.1, 0.15) is 5.75 Å². The third-order valence-electron chi connectivity index (χ3n) is 5.33. The van der Waals surface area contributed by atoms with Crippen molar-refractivity contribution in [3.63, 3.8) is 0 Å². The molecule has 2 aromatic rings. The summed E-state index contributed by atoms with van der Waals surface area (Å²) in [5, 5.41) is 6.20. The summed E-state index contributed by atoms with van der Waals surface area (Å²) in [6.45, 7) is 6.61. The van der Waals surface area contributed by atoms with E-state index in [0.717, 1.165) is 44.6 Å². The molecule has 0 bridgehead atoms. The van der Waals surface area contributed by atoms with Crippen molar-refractivity contribution in [1.82, 2.24) is 10.2 Å². The van der Waals surface area contributed by atoms with E-state index in [2.05, 4.69) is 41.7 Å². The van der Waals surface area contributed by atoms with Gasteiger partial charge in [-0.15, -0.1) is 0 Å². The van der Waals surface area contributed by atoms with Gasteiger partial charge in [-0.1, -0.05) is 44.2 Å². The molecule has 1 N–H and O–H groups in total. The summed E-state index contributed by atoms with van der Waals surface area (Å²) in [6.07, 6.45) is 3.01. The van der Waals surface area contributed by atoms with E-state index in [-0.39, 0.29) is 11.8 Å². The molecule has 1 fully saturated rings. The van der Waals surface area contributed by atoms with E-state index in [1.807, 2.05) is 18.7 Å². The van der Waals surface area contributed by atoms with Gasteiger partial charge in [0.05, 0.1) is 7.11 Å². The summed E-state index contributed by atoms with van der Waals surface area (Å²) in [5.74, 6) is 1.34. The number of piperidine rings is 1. The number of likely N-dealkylation sites (tertiary alicyclic amines) is 1. The van der Waals surface area contributed by atoms with Crippen molar-refractivity contribution in [3.05, 3.63) is 42.0 Å². The number of fused-ring (bicyclic) bond motifs is 1. The van der Waals surface area contributed by atoms with Crippen molar-refractivity contribution in [2.24, 2.45) is 5.92 Å². The first-order valence-electron chi connectivity index (χ1n) is 9.67. The van der Waals surface area contributed by atoms with Crippen LogP contribution < -0.4 is 10.1 Å². The van der Waals surface area contributed by atoms with Gasteiger partial charge in [0, 0.05) is 30.6 Å². The van der Waals surface area contributed by atoms with Gasteiger partial charge in [-0.25, -0.2) is 0 Å². The number of methoxy groups -OCH3 is 1. The quantitative estimate of drug-likeness (QED) is 0.861. The standard InChI is InChI=1S/C22H30N2O2/c1-16(2)22(25)24-14-11-18(12-15-24)23-13-10-20-19-7-5-4-6-17(19)8-9-21(20)26-3/h4-9,16,18,23H,10-15H2,1-3H3. The lowest BCUT2D eigenvalue weighted by atomic mass is 10.00. The predicted molar refractivity (Wildman–Crippen MR) is 107 cm³/mol. The van der Waals surface area contributed by atoms with Gasteiger partial charge in [-0.2, -0.15) is 0 Å². The van der Waals surface area contributed by atoms with Crippen LogP contribution in [0.15, 0.2) is 36.4 Å². The highest BCUT2D eigenvalue weighted by Crippen LogP contribution is 2.28. The number of rotatable bonds is 6. The number of nitrogens with zero attached hydrogens (tertiary/aromatic N) is 1. The molecule has 4 heteroatoms. The van der Waals surface area contributed by atoms with Gasteiger partial charge in [-0.05, 0) is 42.6 Å². The highest BCUT2D eigenvalue weighted by atomic mass is 16.5. The number of ether oxygens (including phenoxy) is 1. The van der Waals surface area contributed by atoms with Crippen molar-refractivity contribution in [2.75, 3.05) is 26.7 Å². The summed E-state index contributed by atoms with van der Waals surface area (Å²) < 4.78 is 5.59. The lowest BCUT2D eigenvalue weighted by Gasteiger charge is -2.33. The number of carbonyl (C=O) groups excluding carboxylic acids is 1. The maximum absolute atomic E-state index is 12.1. The smallest absolute Gasteiger partial charge is 0.225 e. The van der Waals surface area contributed by atoms with Gasteiger partial charge >= 0.3 is 0 Å². The molecule has 1 aliphatic rings. The highest BCUT2D eigenvalue weighted by Gasteiger charge is 2.23. The third-order valence-corrected chi connectivity index (χ3v) is 5.33. The zero-order valence-electron chi connectivity index (χ0n) is 16.1. The number of benzene rings is 2. The Kier molecular flexibility index (Phi) is 6.15. The summed E-state index contributed by atoms with van der Waals surface area (Å²) in [4.78, 5) is 14.1. The van der Waals surface area contributed by atoms with Gasteiger partial charge in [0.2, 0.25) is 5.91 Å². The Morgan fingerprint density at radius 2 is 1.92 bits per heavy atom. The second-order valence-electron chi connectivity index (χ2n) is 7.43. The van der Waals surface area contributed by atoms with Gasteiger partial charge in [0.15, 0.2) is 0 Å². The highest BCUT2D eigenvalue weighted by molar-refractivity contribution is 5.87. The van der Waals surface area contributed by atoms with E-state index in [9.17, 15) is 4.79 Å². The van der Waals surface area contributed by atoms with Crippen LogP contribution >= 0.6 is 0 Å². The maximum Gasteiger partial charge on any atom is 0.225 e. The van der Waals surface area contributed by atoms with E-state index >= 15 is 0 Å². The minimum Gasteiger partial charge on any atom is -0.496 e. The van der Waals surface area contributed by atoms with Crippen LogP contribution in [0, 0.1) is 5.92 Å². The molecule has 0 saturated carbocycles. The predicted octanol–water partition coefficient (Wildman–Crippen LogP) is 3.63. The van der Waals surface area contributed by atoms with Crippen LogP contribution in [0.4, 0.5) is 0 Å². The molecule has 2 aromatic carbocycles. The lowest BCUT2D eigenvalue weighted by Crippen LogP contribution is -2.46. The Morgan fingerprint density at radius 3 is 2.62 bits per heavy atom. The molecule has 0 aromatic heterocycles. The molecule has 0 aliphatic carbocycles. The fraction of sp³-hybridized carbons (Fsp3) is 0.500. The second-order valence-corrected chi connectivity index (χ2v) is 7.43. The summed E-state index contributed by atoms with van der Waals surface area (Å²) in [5.41, 5.74) is 1.27. The van der Waals surface area contributed by atoms with Crippen molar-refractivity contribution < 1.29 is 9.53 Å². The molecule has 0 radical (unpaired) electrons. The fourth-order valence-electron chi connectivity index (χ4n) is 3.84. The van der Waals surface area contributed by atoms with E-state index < -0.39 is 0 Å². The largest absolute Gasteiger partial charge is 0.496 e. The average Bonchev–Trinajstić information content (AvgIpc) is 2.68. The van der Waals surface area contributed by atoms with Crippen molar-refractivity contribution in [3.8, 4) is 5.75 Å². The molecular formula is C22H30N2O2. The zero-order chi connectivity index (χ0) is 18.5. The van der Waals surface area contributed by atoms with Crippen LogP contribution in [0.2, 0.25) is 0 Å². The molecule has 1 heterocycles. The van der Waals surface area contributed by atoms with Gasteiger partial charge in [0.25, 0.3) is 0 Å². The van der Waals surface area contributed by atoms with Crippen LogP contribution in [0.5, 0.6) is 5.75 Å². The van der Waals surface area contributed by atoms with Crippen molar-refractivity contribution >= 4 is 16.7 Å². The normalized spacial score (nSPS) is 15.6. The molecule has 1 aliphatic heterocycles. The average molecular weight is 354 g/mol. The Balaban J connectivity index is 1.56. The van der Waals surface area contributed by atoms with Crippen LogP contribution in [-0.4, -0.2) is 43.6 Å². The summed E-state index contributed by atoms with van der Waals surface area (Å²) in [7, 11) is 1.74. The lowest BCUT2D eigenvalue weighted by molar-refractivity contribution is -0.135. The Bertz CT molecular complexity index is 749. The summed E-state index contributed by atoms with van der Waals surface area (Å²) >= 11 is 0. The number of nitrogens with one attached hydrogen (secondary N) is 1. The first kappa shape index (κ1) is 18.7. The van der Waals surface area contributed by atoms with Crippen molar-refractivity contribution in [2.45, 2.75) is 39.2 Å². The SMILES string of the molecule is COc1ccc2ccccc2c1CCNC1CCN(C(=O)C(C)C)CC1. The van der Waals surface area contributed by atoms with E-state index in [1.54, 1.807) is 7.11 Å². The monoisotopic (exact) mass is 354 g/mol. The Morgan fingerprint density at radius 1 is 1.19 bits per heavy atom. The van der Waals surface area contributed by atoms with Gasteiger partial charge < -0.3 is 15.0 Å². The molecule has 4 nitrogen and oxygen atoms in total. The van der Waals surface area contributed by atoms with Crippen molar-refractivity contribution in [1.29, 1.82) is 0 Å². The molecule has 0 unspecified atom stereocenters. The minimum absolute atomic E-state index is 0.0957. The first-order chi connectivity index (χ1) is 12.6. The van der Waals surface area contributed by atoms with Crippen LogP contribution in [0.3, 0.4) is 0 Å². The Hall–Kier alpha value is -2.07. The van der Waals surface area contributed by atoms with Gasteiger partial charge in [-0.3, -0.25) is 4.79 Å². The zero-order valence-corrected chi connectivity index (χ0v) is 16.1. The van der Waals surface area contributed by atoms with E-state index in [1.165, 1.54) is 16.3 Å². The molecule has 3 rings (SSSR count). The number of carbonyl (C=O) groups is 1. The summed E-state index contributed by atoms with van der Waals surface area (Å²) in [6, 6.07) is 13.1. The van der Waals surface area contributed by atoms with E-state index in [4.69, 9.17) is 4.74 Å². The molecule has 1 amide bonds. The molecule has 26 heavy (non-hydrogen) atoms. The number of hydrogen-bond acceptors (Lipinski definition) is 3. The minimum atomic E-state index is 0.0957. The molecule has 0 spiro atoms. The molecule has 0 atom stereocenters. The Labute approximate surface area is 156 Å². The van der Waals surface area contributed by atoms with E-state index in [0.29, 0.717) is 6.04 Å². The maximum atomic E-state index is 12.1. The third kappa shape index (κ3) is 4.18. The van der Waals surface area contributed by atoms with Crippen LogP contribution in [-0.2, 0) is 11.2 Å². The first-order valence-corrected chi connectivity index (χ1v) is 9.67. The topological polar surface area (TPSA) is 41.6 Å². The second kappa shape index (κ2) is 8.54. The molecule has 140 valence electrons.